The summed E-state index contributed by atoms with van der Waals surface area (Å²) in [4.78, 5) is 11.5. The molecule has 0 aliphatic carbocycles. The summed E-state index contributed by atoms with van der Waals surface area (Å²) in [5, 5.41) is 2.75. The molecule has 0 saturated carbocycles. The maximum Gasteiger partial charge on any atom is 1.00 e. The Labute approximate surface area is 118 Å². The van der Waals surface area contributed by atoms with E-state index in [2.05, 4.69) is 5.32 Å². The van der Waals surface area contributed by atoms with Crippen LogP contribution < -0.4 is 34.9 Å². The standard InChI is InChI=1S/C10H11NO3S.Na/c12-10-3-1-2-7-6-8(15(13)14)4-5-9(7)11-10;/h4-6H,1-3H2,(H,11,12)(H,13,14);/q;+1/p-1. The molecule has 1 amide bonds. The van der Waals surface area contributed by atoms with Crippen LogP contribution in [0.3, 0.4) is 0 Å². The van der Waals surface area contributed by atoms with Gasteiger partial charge in [0.1, 0.15) is 0 Å². The van der Waals surface area contributed by atoms with Gasteiger partial charge in [-0.05, 0) is 47.7 Å². The molecule has 2 rings (SSSR count). The van der Waals surface area contributed by atoms with Gasteiger partial charge in [0.15, 0.2) is 0 Å². The number of anilines is 1. The van der Waals surface area contributed by atoms with Gasteiger partial charge in [0, 0.05) is 17.0 Å². The summed E-state index contributed by atoms with van der Waals surface area (Å²) >= 11 is -2.20. The molecule has 1 aliphatic rings. The molecule has 80 valence electrons. The fourth-order valence-electron chi connectivity index (χ4n) is 1.65. The van der Waals surface area contributed by atoms with Gasteiger partial charge in [-0.3, -0.25) is 9.00 Å². The van der Waals surface area contributed by atoms with Crippen LogP contribution in [0.15, 0.2) is 23.1 Å². The van der Waals surface area contributed by atoms with Crippen molar-refractivity contribution in [1.82, 2.24) is 0 Å². The summed E-state index contributed by atoms with van der Waals surface area (Å²) in [5.74, 6) is -0.00949. The second-order valence-corrected chi connectivity index (χ2v) is 4.40. The number of hydrogen-bond acceptors (Lipinski definition) is 3. The van der Waals surface area contributed by atoms with Crippen molar-refractivity contribution in [2.75, 3.05) is 5.32 Å². The average Bonchev–Trinajstić information content (AvgIpc) is 2.37. The van der Waals surface area contributed by atoms with Crippen LogP contribution in [0.5, 0.6) is 0 Å². The first kappa shape index (κ1) is 13.9. The van der Waals surface area contributed by atoms with E-state index in [1.807, 2.05) is 0 Å². The van der Waals surface area contributed by atoms with Gasteiger partial charge in [0.25, 0.3) is 0 Å². The molecule has 0 bridgehead atoms. The van der Waals surface area contributed by atoms with Gasteiger partial charge in [-0.25, -0.2) is 0 Å². The van der Waals surface area contributed by atoms with E-state index in [9.17, 15) is 13.6 Å². The van der Waals surface area contributed by atoms with Crippen molar-refractivity contribution in [3.05, 3.63) is 23.8 Å². The number of benzene rings is 1. The van der Waals surface area contributed by atoms with Gasteiger partial charge in [-0.2, -0.15) is 0 Å². The molecule has 1 heterocycles. The zero-order valence-corrected chi connectivity index (χ0v) is 11.8. The van der Waals surface area contributed by atoms with Crippen LogP contribution in [-0.4, -0.2) is 14.7 Å². The SMILES string of the molecule is O=C1CCCc2cc(S(=O)[O-])ccc2N1.[Na+]. The summed E-state index contributed by atoms with van der Waals surface area (Å²) in [5.41, 5.74) is 1.62. The first-order valence-corrected chi connectivity index (χ1v) is 5.76. The van der Waals surface area contributed by atoms with Crippen molar-refractivity contribution in [3.8, 4) is 0 Å². The molecule has 0 spiro atoms. The predicted molar refractivity (Wildman–Crippen MR) is 55.2 cm³/mol. The van der Waals surface area contributed by atoms with E-state index in [0.29, 0.717) is 6.42 Å². The van der Waals surface area contributed by atoms with E-state index in [0.717, 1.165) is 24.1 Å². The average molecular weight is 247 g/mol. The molecule has 16 heavy (non-hydrogen) atoms. The van der Waals surface area contributed by atoms with Crippen molar-refractivity contribution in [2.45, 2.75) is 24.2 Å². The molecule has 1 aromatic carbocycles. The Morgan fingerprint density at radius 1 is 1.31 bits per heavy atom. The maximum atomic E-state index is 11.2. The molecule has 0 aromatic heterocycles. The van der Waals surface area contributed by atoms with Crippen LogP contribution in [0.4, 0.5) is 5.69 Å². The number of amides is 1. The van der Waals surface area contributed by atoms with Gasteiger partial charge in [-0.1, -0.05) is 0 Å². The van der Waals surface area contributed by atoms with E-state index in [1.165, 1.54) is 6.07 Å². The largest absolute Gasteiger partial charge is 1.00 e. The van der Waals surface area contributed by atoms with Crippen molar-refractivity contribution in [2.24, 2.45) is 0 Å². The van der Waals surface area contributed by atoms with Crippen molar-refractivity contribution >= 4 is 22.7 Å². The van der Waals surface area contributed by atoms with Crippen molar-refractivity contribution < 1.29 is 43.1 Å². The van der Waals surface area contributed by atoms with Crippen LogP contribution in [0.1, 0.15) is 18.4 Å². The summed E-state index contributed by atoms with van der Waals surface area (Å²) in [6.07, 6.45) is 1.98. The summed E-state index contributed by atoms with van der Waals surface area (Å²) in [6.45, 7) is 0. The third kappa shape index (κ3) is 3.15. The van der Waals surface area contributed by atoms with E-state index in [4.69, 9.17) is 0 Å². The van der Waals surface area contributed by atoms with Crippen LogP contribution >= 0.6 is 0 Å². The van der Waals surface area contributed by atoms with Gasteiger partial charge < -0.3 is 9.87 Å². The number of carbonyl (C=O) groups is 1. The number of carbonyl (C=O) groups excluding carboxylic acids is 1. The van der Waals surface area contributed by atoms with Gasteiger partial charge >= 0.3 is 29.6 Å². The summed E-state index contributed by atoms with van der Waals surface area (Å²) in [7, 11) is 0. The van der Waals surface area contributed by atoms with Crippen molar-refractivity contribution in [1.29, 1.82) is 0 Å². The van der Waals surface area contributed by atoms with Gasteiger partial charge in [0.05, 0.1) is 0 Å². The van der Waals surface area contributed by atoms with E-state index < -0.39 is 11.1 Å². The zero-order chi connectivity index (χ0) is 10.8. The second-order valence-electron chi connectivity index (χ2n) is 3.46. The fourth-order valence-corrected chi connectivity index (χ4v) is 2.07. The number of aryl methyl sites for hydroxylation is 1. The molecule has 1 atom stereocenters. The molecular formula is C10H10NNaO3S. The van der Waals surface area contributed by atoms with Crippen LogP contribution in [0.25, 0.3) is 0 Å². The van der Waals surface area contributed by atoms with E-state index in [-0.39, 0.29) is 40.4 Å². The Bertz CT molecular complexity index is 436. The first-order valence-electron chi connectivity index (χ1n) is 4.69. The minimum absolute atomic E-state index is 0. The first-order chi connectivity index (χ1) is 7.16. The molecule has 0 saturated heterocycles. The summed E-state index contributed by atoms with van der Waals surface area (Å²) < 4.78 is 21.5. The quantitative estimate of drug-likeness (QED) is 0.470. The maximum absolute atomic E-state index is 11.2. The number of hydrogen-bond donors (Lipinski definition) is 1. The smallest absolute Gasteiger partial charge is 0.768 e. The molecular weight excluding hydrogens is 237 g/mol. The molecule has 4 nitrogen and oxygen atoms in total. The molecule has 0 fully saturated rings. The number of nitrogens with one attached hydrogen (secondary N) is 1. The van der Waals surface area contributed by atoms with E-state index in [1.54, 1.807) is 12.1 Å². The summed E-state index contributed by atoms with van der Waals surface area (Å²) in [6, 6.07) is 4.75. The monoisotopic (exact) mass is 247 g/mol. The molecule has 6 heteroatoms. The van der Waals surface area contributed by atoms with Crippen LogP contribution in [0, 0.1) is 0 Å². The van der Waals surface area contributed by atoms with Crippen LogP contribution in [0.2, 0.25) is 0 Å². The topological polar surface area (TPSA) is 69.2 Å². The number of rotatable bonds is 1. The normalized spacial score (nSPS) is 16.4. The molecule has 1 N–H and O–H groups in total. The number of fused-ring (bicyclic) bond motifs is 1. The van der Waals surface area contributed by atoms with Crippen LogP contribution in [-0.2, 0) is 22.3 Å². The Morgan fingerprint density at radius 3 is 2.75 bits per heavy atom. The Kier molecular flexibility index (Phi) is 5.14. The molecule has 0 radical (unpaired) electrons. The Hall–Kier alpha value is -0.200. The second kappa shape index (κ2) is 5.93. The third-order valence-corrected chi connectivity index (χ3v) is 3.03. The van der Waals surface area contributed by atoms with E-state index >= 15 is 0 Å². The third-order valence-electron chi connectivity index (χ3n) is 2.39. The predicted octanol–water partition coefficient (Wildman–Crippen LogP) is -1.80. The minimum Gasteiger partial charge on any atom is -0.768 e. The van der Waals surface area contributed by atoms with Gasteiger partial charge in [-0.15, -0.1) is 0 Å². The van der Waals surface area contributed by atoms with Gasteiger partial charge in [0.2, 0.25) is 5.91 Å². The minimum atomic E-state index is -2.20. The zero-order valence-electron chi connectivity index (χ0n) is 8.99. The van der Waals surface area contributed by atoms with Crippen molar-refractivity contribution in [3.63, 3.8) is 0 Å². The molecule has 1 unspecified atom stereocenters. The Balaban J connectivity index is 0.00000128. The molecule has 1 aromatic rings. The molecule has 1 aliphatic heterocycles. The fraction of sp³-hybridized carbons (Fsp3) is 0.300. The Morgan fingerprint density at radius 2 is 2.06 bits per heavy atom.